The van der Waals surface area contributed by atoms with Gasteiger partial charge in [0.25, 0.3) is 0 Å². The normalized spacial score (nSPS) is 12.0. The van der Waals surface area contributed by atoms with Gasteiger partial charge in [0.05, 0.1) is 0 Å². The topological polar surface area (TPSA) is 0 Å². The molecule has 3 heteroatoms. The molecule has 0 amide bonds. The van der Waals surface area contributed by atoms with Crippen LogP contribution in [-0.2, 0) is 6.42 Å². The van der Waals surface area contributed by atoms with Gasteiger partial charge in [-0.3, -0.25) is 0 Å². The van der Waals surface area contributed by atoms with E-state index >= 15 is 0 Å². The van der Waals surface area contributed by atoms with Crippen LogP contribution in [0.4, 0.5) is 0 Å². The Labute approximate surface area is 108 Å². The van der Waals surface area contributed by atoms with Crippen molar-refractivity contribution < 1.29 is 17.0 Å². The summed E-state index contributed by atoms with van der Waals surface area (Å²) in [5.41, 5.74) is 1.39. The first-order valence-corrected chi connectivity index (χ1v) is 5.45. The van der Waals surface area contributed by atoms with Gasteiger partial charge >= 0.3 is 92.0 Å². The third kappa shape index (κ3) is 5.94. The number of hydrogen-bond acceptors (Lipinski definition) is 0. The Hall–Kier alpha value is 0.756. The molecule has 0 saturated carbocycles. The number of aryl methyl sites for hydroxylation is 1. The van der Waals surface area contributed by atoms with Gasteiger partial charge < -0.3 is 17.0 Å². The first-order chi connectivity index (χ1) is 5.68. The molecule has 0 fully saturated rings. The molecule has 0 aromatic heterocycles. The number of benzene rings is 1. The Kier molecular flexibility index (Phi) is 7.51. The van der Waals surface area contributed by atoms with Crippen LogP contribution in [0.1, 0.15) is 18.9 Å². The molecule has 1 aromatic carbocycles. The monoisotopic (exact) mass is 270 g/mol. The fraction of sp³-hybridized carbons (Fsp3) is 0.400. The number of halogens is 2. The minimum atomic E-state index is 0. The van der Waals surface area contributed by atoms with E-state index in [1.54, 1.807) is 0 Å². The third-order valence-electron chi connectivity index (χ3n) is 1.84. The van der Waals surface area contributed by atoms with Crippen molar-refractivity contribution in [2.75, 3.05) is 0 Å². The molecule has 68 valence electrons. The van der Waals surface area contributed by atoms with Crippen molar-refractivity contribution in [3.63, 3.8) is 0 Å². The van der Waals surface area contributed by atoms with Crippen LogP contribution in [0.15, 0.2) is 24.3 Å². The van der Waals surface area contributed by atoms with Gasteiger partial charge in [-0.25, -0.2) is 0 Å². The van der Waals surface area contributed by atoms with Crippen molar-refractivity contribution in [3.8, 4) is 0 Å². The summed E-state index contributed by atoms with van der Waals surface area (Å²) < 4.78 is 0.806. The zero-order valence-corrected chi connectivity index (χ0v) is 11.5. The van der Waals surface area contributed by atoms with Crippen molar-refractivity contribution in [1.29, 1.82) is 0 Å². The van der Waals surface area contributed by atoms with Crippen LogP contribution >= 0.6 is 11.6 Å². The molecule has 0 nitrogen and oxygen atoms in total. The Balaban J connectivity index is 0.00000144. The predicted molar refractivity (Wildman–Crippen MR) is 55.0 cm³/mol. The minimum absolute atomic E-state index is 0. The average Bonchev–Trinajstić information content (AvgIpc) is 2.03. The predicted octanol–water partition coefficient (Wildman–Crippen LogP) is 0.253. The molecular formula is C10H12BrClMg. The van der Waals surface area contributed by atoms with Crippen LogP contribution < -0.4 is 17.0 Å². The van der Waals surface area contributed by atoms with E-state index in [2.05, 4.69) is 40.8 Å². The van der Waals surface area contributed by atoms with E-state index in [9.17, 15) is 0 Å². The molecule has 0 aliphatic rings. The summed E-state index contributed by atoms with van der Waals surface area (Å²) in [6, 6.07) is 8.13. The van der Waals surface area contributed by atoms with Crippen LogP contribution in [0.2, 0.25) is 9.07 Å². The maximum absolute atomic E-state index is 5.78. The second-order valence-corrected chi connectivity index (χ2v) is 5.10. The van der Waals surface area contributed by atoms with Crippen LogP contribution in [0.25, 0.3) is 0 Å². The number of hydrogen-bond donors (Lipinski definition) is 0. The summed E-state index contributed by atoms with van der Waals surface area (Å²) in [6.45, 7) is 2.26. The van der Waals surface area contributed by atoms with Gasteiger partial charge in [0.15, 0.2) is 0 Å². The zero-order chi connectivity index (χ0) is 8.97. The SMILES string of the molecule is C[CH]([Mg+])CCc1ccc(Cl)cc1.[Br-]. The zero-order valence-electron chi connectivity index (χ0n) is 7.76. The van der Waals surface area contributed by atoms with Gasteiger partial charge in [0.2, 0.25) is 0 Å². The number of rotatable bonds is 3. The Morgan fingerprint density at radius 2 is 1.85 bits per heavy atom. The molecule has 0 spiro atoms. The van der Waals surface area contributed by atoms with Crippen molar-refractivity contribution in [1.82, 2.24) is 0 Å². The van der Waals surface area contributed by atoms with Gasteiger partial charge in [-0.1, -0.05) is 0 Å². The van der Waals surface area contributed by atoms with E-state index in [1.165, 1.54) is 18.4 Å². The molecule has 0 saturated heterocycles. The summed E-state index contributed by atoms with van der Waals surface area (Å²) in [7, 11) is 0. The van der Waals surface area contributed by atoms with Gasteiger partial charge in [-0.05, 0) is 0 Å². The third-order valence-corrected chi connectivity index (χ3v) is 2.50. The summed E-state index contributed by atoms with van der Waals surface area (Å²) in [6.07, 6.45) is 2.43. The van der Waals surface area contributed by atoms with Gasteiger partial charge in [-0.15, -0.1) is 0 Å². The standard InChI is InChI=1S/C10H12Cl.BrH.Mg/c1-2-3-4-9-5-7-10(11)8-6-9;;/h2,5-8H,3-4H2,1H3;1H;/q;;+1/p-1. The quantitative estimate of drug-likeness (QED) is 0.692. The van der Waals surface area contributed by atoms with Crippen molar-refractivity contribution >= 4 is 33.3 Å². The van der Waals surface area contributed by atoms with Crippen LogP contribution in [0, 0.1) is 0 Å². The van der Waals surface area contributed by atoms with Crippen molar-refractivity contribution in [2.24, 2.45) is 0 Å². The van der Waals surface area contributed by atoms with Gasteiger partial charge in [0, 0.05) is 0 Å². The molecule has 0 aliphatic heterocycles. The van der Waals surface area contributed by atoms with E-state index in [0.717, 1.165) is 9.07 Å². The summed E-state index contributed by atoms with van der Waals surface area (Å²) in [5, 5.41) is 0.824. The Morgan fingerprint density at radius 1 is 1.31 bits per heavy atom. The molecule has 1 aromatic rings. The summed E-state index contributed by atoms with van der Waals surface area (Å²) >= 11 is 7.83. The second kappa shape index (κ2) is 7.10. The average molecular weight is 272 g/mol. The van der Waals surface area contributed by atoms with E-state index < -0.39 is 0 Å². The maximum Gasteiger partial charge on any atom is -1.00 e. The van der Waals surface area contributed by atoms with E-state index in [0.29, 0.717) is 0 Å². The molecule has 0 radical (unpaired) electrons. The van der Waals surface area contributed by atoms with Crippen molar-refractivity contribution in [2.45, 2.75) is 23.8 Å². The van der Waals surface area contributed by atoms with Gasteiger partial charge in [0.1, 0.15) is 0 Å². The summed E-state index contributed by atoms with van der Waals surface area (Å²) in [4.78, 5) is 0. The molecule has 13 heavy (non-hydrogen) atoms. The minimum Gasteiger partial charge on any atom is -1.00 e. The Morgan fingerprint density at radius 3 is 2.31 bits per heavy atom. The van der Waals surface area contributed by atoms with Crippen LogP contribution in [-0.4, -0.2) is 21.7 Å². The largest absolute Gasteiger partial charge is 1.00 e. The van der Waals surface area contributed by atoms with Crippen LogP contribution in [0.5, 0.6) is 0 Å². The molecule has 0 aliphatic carbocycles. The van der Waals surface area contributed by atoms with Crippen molar-refractivity contribution in [3.05, 3.63) is 34.9 Å². The maximum atomic E-state index is 5.78. The molecule has 0 bridgehead atoms. The molecular weight excluding hydrogens is 260 g/mol. The fourth-order valence-corrected chi connectivity index (χ4v) is 1.39. The Bertz CT molecular complexity index is 233. The first-order valence-electron chi connectivity index (χ1n) is 4.26. The van der Waals surface area contributed by atoms with E-state index in [4.69, 9.17) is 11.6 Å². The summed E-state index contributed by atoms with van der Waals surface area (Å²) in [5.74, 6) is 0. The first kappa shape index (κ1) is 13.8. The molecule has 0 N–H and O–H groups in total. The smallest absolute Gasteiger partial charge is 1.00 e. The van der Waals surface area contributed by atoms with Gasteiger partial charge in [-0.2, -0.15) is 0 Å². The van der Waals surface area contributed by atoms with E-state index in [-0.39, 0.29) is 17.0 Å². The molecule has 1 unspecified atom stereocenters. The second-order valence-electron chi connectivity index (χ2n) is 3.27. The van der Waals surface area contributed by atoms with Crippen LogP contribution in [0.3, 0.4) is 0 Å². The fourth-order valence-electron chi connectivity index (χ4n) is 1.06. The molecule has 1 atom stereocenters. The van der Waals surface area contributed by atoms with E-state index in [1.807, 2.05) is 12.1 Å². The molecule has 0 heterocycles. The molecule has 1 rings (SSSR count).